The number of aromatic nitrogens is 4. The van der Waals surface area contributed by atoms with Crippen molar-refractivity contribution in [3.63, 3.8) is 0 Å². The van der Waals surface area contributed by atoms with E-state index in [2.05, 4.69) is 15.1 Å². The highest BCUT2D eigenvalue weighted by atomic mass is 32.2. The van der Waals surface area contributed by atoms with Crippen LogP contribution in [0, 0.1) is 0 Å². The van der Waals surface area contributed by atoms with Crippen molar-refractivity contribution in [3.8, 4) is 0 Å². The van der Waals surface area contributed by atoms with Crippen LogP contribution in [0.4, 0.5) is 0 Å². The second-order valence-electron chi connectivity index (χ2n) is 4.71. The summed E-state index contributed by atoms with van der Waals surface area (Å²) in [5, 5.41) is 3.44. The monoisotopic (exact) mass is 296 g/mol. The maximum absolute atomic E-state index is 11.9. The SMILES string of the molecule is CCOC(=O)C(C)(C)Sc1ncnc2c(=O)n(C)[nH]c12. The zero-order valence-electron chi connectivity index (χ0n) is 11.8. The molecule has 8 heteroatoms. The van der Waals surface area contributed by atoms with E-state index < -0.39 is 4.75 Å². The summed E-state index contributed by atoms with van der Waals surface area (Å²) in [5.74, 6) is -0.324. The standard InChI is InChI=1S/C12H16N4O3S/c1-5-19-11(18)12(2,3)20-9-7-8(13-6-14-9)10(17)16(4)15-7/h6,15H,5H2,1-4H3. The summed E-state index contributed by atoms with van der Waals surface area (Å²) in [7, 11) is 1.61. The van der Waals surface area contributed by atoms with E-state index in [0.717, 1.165) is 0 Å². The van der Waals surface area contributed by atoms with Crippen molar-refractivity contribution in [2.75, 3.05) is 6.61 Å². The van der Waals surface area contributed by atoms with E-state index in [1.807, 2.05) is 0 Å². The predicted octanol–water partition coefficient (Wildman–Crippen LogP) is 1.09. The molecule has 2 aromatic heterocycles. The molecule has 0 radical (unpaired) electrons. The van der Waals surface area contributed by atoms with Crippen LogP contribution in [0.1, 0.15) is 20.8 Å². The van der Waals surface area contributed by atoms with Crippen molar-refractivity contribution in [2.24, 2.45) is 7.05 Å². The molecule has 0 aliphatic carbocycles. The van der Waals surface area contributed by atoms with Gasteiger partial charge in [-0.05, 0) is 20.8 Å². The Morgan fingerprint density at radius 2 is 2.20 bits per heavy atom. The molecule has 2 rings (SSSR count). The highest BCUT2D eigenvalue weighted by Gasteiger charge is 2.32. The third kappa shape index (κ3) is 2.55. The van der Waals surface area contributed by atoms with Crippen molar-refractivity contribution in [1.82, 2.24) is 19.7 Å². The Morgan fingerprint density at radius 3 is 2.85 bits per heavy atom. The third-order valence-electron chi connectivity index (χ3n) is 2.72. The molecule has 0 aliphatic rings. The number of thioether (sulfide) groups is 1. The molecule has 2 aromatic rings. The average Bonchev–Trinajstić information content (AvgIpc) is 2.67. The Morgan fingerprint density at radius 1 is 1.50 bits per heavy atom. The summed E-state index contributed by atoms with van der Waals surface area (Å²) in [6, 6.07) is 0. The number of esters is 1. The molecule has 20 heavy (non-hydrogen) atoms. The Labute approximate surface area is 119 Å². The van der Waals surface area contributed by atoms with Crippen LogP contribution in [0.5, 0.6) is 0 Å². The van der Waals surface area contributed by atoms with Crippen LogP contribution in [0.2, 0.25) is 0 Å². The molecule has 0 spiro atoms. The lowest BCUT2D eigenvalue weighted by atomic mass is 10.2. The van der Waals surface area contributed by atoms with Crippen molar-refractivity contribution >= 4 is 28.8 Å². The van der Waals surface area contributed by atoms with Crippen LogP contribution in [0.15, 0.2) is 16.1 Å². The van der Waals surface area contributed by atoms with Gasteiger partial charge >= 0.3 is 5.97 Å². The molecule has 0 aliphatic heterocycles. The van der Waals surface area contributed by atoms with E-state index in [-0.39, 0.29) is 11.5 Å². The number of hydrogen-bond donors (Lipinski definition) is 1. The van der Waals surface area contributed by atoms with Gasteiger partial charge in [-0.1, -0.05) is 11.8 Å². The maximum atomic E-state index is 11.9. The molecule has 0 saturated heterocycles. The molecule has 108 valence electrons. The van der Waals surface area contributed by atoms with E-state index in [9.17, 15) is 9.59 Å². The van der Waals surface area contributed by atoms with E-state index in [1.165, 1.54) is 22.8 Å². The summed E-state index contributed by atoms with van der Waals surface area (Å²) in [5.41, 5.74) is 0.616. The Balaban J connectivity index is 2.42. The third-order valence-corrected chi connectivity index (χ3v) is 3.90. The first kappa shape index (κ1) is 14.6. The molecule has 0 aromatic carbocycles. The van der Waals surface area contributed by atoms with Crippen molar-refractivity contribution < 1.29 is 9.53 Å². The van der Waals surface area contributed by atoms with E-state index in [1.54, 1.807) is 27.8 Å². The zero-order chi connectivity index (χ0) is 14.9. The fraction of sp³-hybridized carbons (Fsp3) is 0.500. The molecule has 0 atom stereocenters. The van der Waals surface area contributed by atoms with E-state index >= 15 is 0 Å². The lowest BCUT2D eigenvalue weighted by Gasteiger charge is -2.20. The molecule has 0 saturated carbocycles. The van der Waals surface area contributed by atoms with Gasteiger partial charge in [-0.15, -0.1) is 0 Å². The predicted molar refractivity (Wildman–Crippen MR) is 75.7 cm³/mol. The molecule has 0 amide bonds. The molecular formula is C12H16N4O3S. The second kappa shape index (κ2) is 5.28. The average molecular weight is 296 g/mol. The van der Waals surface area contributed by atoms with Crippen LogP contribution in [-0.2, 0) is 16.6 Å². The number of aryl methyl sites for hydroxylation is 1. The fourth-order valence-corrected chi connectivity index (χ4v) is 2.65. The molecule has 7 nitrogen and oxygen atoms in total. The number of H-pyrrole nitrogens is 1. The van der Waals surface area contributed by atoms with Gasteiger partial charge in [0.25, 0.3) is 5.56 Å². The minimum atomic E-state index is -0.802. The van der Waals surface area contributed by atoms with Gasteiger partial charge in [0, 0.05) is 7.05 Å². The summed E-state index contributed by atoms with van der Waals surface area (Å²) < 4.78 is 5.57. The van der Waals surface area contributed by atoms with Gasteiger partial charge in [0.15, 0.2) is 5.52 Å². The molecule has 0 bridgehead atoms. The van der Waals surface area contributed by atoms with E-state index in [4.69, 9.17) is 4.74 Å². The number of aromatic amines is 1. The quantitative estimate of drug-likeness (QED) is 0.516. The van der Waals surface area contributed by atoms with Crippen LogP contribution in [0.25, 0.3) is 11.0 Å². The lowest BCUT2D eigenvalue weighted by Crippen LogP contribution is -2.30. The molecular weight excluding hydrogens is 280 g/mol. The van der Waals surface area contributed by atoms with Crippen molar-refractivity contribution in [3.05, 3.63) is 16.7 Å². The highest BCUT2D eigenvalue weighted by Crippen LogP contribution is 2.34. The maximum Gasteiger partial charge on any atom is 0.322 e. The number of fused-ring (bicyclic) bond motifs is 1. The number of nitrogens with zero attached hydrogens (tertiary/aromatic N) is 3. The number of rotatable bonds is 4. The number of hydrogen-bond acceptors (Lipinski definition) is 6. The van der Waals surface area contributed by atoms with Gasteiger partial charge in [-0.25, -0.2) is 9.97 Å². The Hall–Kier alpha value is -1.83. The fourth-order valence-electron chi connectivity index (χ4n) is 1.68. The topological polar surface area (TPSA) is 89.9 Å². The van der Waals surface area contributed by atoms with Gasteiger partial charge in [-0.3, -0.25) is 19.4 Å². The summed E-state index contributed by atoms with van der Waals surface area (Å²) in [4.78, 5) is 31.9. The van der Waals surface area contributed by atoms with Crippen LogP contribution in [0.3, 0.4) is 0 Å². The van der Waals surface area contributed by atoms with Crippen LogP contribution >= 0.6 is 11.8 Å². The molecule has 2 heterocycles. The van der Waals surface area contributed by atoms with Gasteiger partial charge in [0.05, 0.1) is 6.61 Å². The zero-order valence-corrected chi connectivity index (χ0v) is 12.6. The van der Waals surface area contributed by atoms with Gasteiger partial charge < -0.3 is 4.74 Å². The first-order valence-corrected chi connectivity index (χ1v) is 6.94. The Kier molecular flexibility index (Phi) is 3.85. The summed E-state index contributed by atoms with van der Waals surface area (Å²) in [6.07, 6.45) is 1.32. The largest absolute Gasteiger partial charge is 0.465 e. The smallest absolute Gasteiger partial charge is 0.322 e. The van der Waals surface area contributed by atoms with E-state index in [0.29, 0.717) is 22.7 Å². The highest BCUT2D eigenvalue weighted by molar-refractivity contribution is 8.01. The van der Waals surface area contributed by atoms with Crippen molar-refractivity contribution in [2.45, 2.75) is 30.5 Å². The minimum Gasteiger partial charge on any atom is -0.465 e. The van der Waals surface area contributed by atoms with Crippen LogP contribution < -0.4 is 5.56 Å². The van der Waals surface area contributed by atoms with Gasteiger partial charge in [-0.2, -0.15) is 0 Å². The summed E-state index contributed by atoms with van der Waals surface area (Å²) >= 11 is 1.24. The molecule has 1 N–H and O–H groups in total. The number of carbonyl (C=O) groups excluding carboxylic acids is 1. The molecule has 0 fully saturated rings. The second-order valence-corrected chi connectivity index (χ2v) is 6.32. The van der Waals surface area contributed by atoms with Crippen LogP contribution in [-0.4, -0.2) is 37.1 Å². The number of ether oxygens (including phenoxy) is 1. The first-order valence-electron chi connectivity index (χ1n) is 6.12. The normalized spacial score (nSPS) is 11.8. The van der Waals surface area contributed by atoms with Gasteiger partial charge in [0.2, 0.25) is 0 Å². The number of carbonyl (C=O) groups is 1. The van der Waals surface area contributed by atoms with Gasteiger partial charge in [0.1, 0.15) is 21.6 Å². The molecule has 0 unspecified atom stereocenters. The Bertz CT molecular complexity index is 704. The lowest BCUT2D eigenvalue weighted by molar-refractivity contribution is -0.145. The summed E-state index contributed by atoms with van der Waals surface area (Å²) in [6.45, 7) is 5.59. The first-order chi connectivity index (χ1) is 9.36. The van der Waals surface area contributed by atoms with Crippen molar-refractivity contribution in [1.29, 1.82) is 0 Å². The minimum absolute atomic E-state index is 0.224. The number of nitrogens with one attached hydrogen (secondary N) is 1.